The highest BCUT2D eigenvalue weighted by Crippen LogP contribution is 2.19. The summed E-state index contributed by atoms with van der Waals surface area (Å²) in [5.74, 6) is -0.890. The van der Waals surface area contributed by atoms with Crippen LogP contribution in [-0.4, -0.2) is 34.1 Å². The third kappa shape index (κ3) is 3.19. The lowest BCUT2D eigenvalue weighted by Crippen LogP contribution is -2.37. The Kier molecular flexibility index (Phi) is 3.45. The number of hydrogen-bond donors (Lipinski definition) is 2. The molecule has 1 aliphatic carbocycles. The molecule has 0 aromatic carbocycles. The number of amides is 1. The number of aromatic nitrogens is 1. The number of carboxylic acid groups (broad SMARTS) is 1. The first-order chi connectivity index (χ1) is 8.56. The van der Waals surface area contributed by atoms with E-state index in [2.05, 4.69) is 10.3 Å². The van der Waals surface area contributed by atoms with Gasteiger partial charge in [0.05, 0.1) is 6.20 Å². The van der Waals surface area contributed by atoms with E-state index in [1.54, 1.807) is 6.92 Å². The van der Waals surface area contributed by atoms with E-state index in [9.17, 15) is 9.59 Å². The fourth-order valence-electron chi connectivity index (χ4n) is 1.38. The molecule has 1 atom stereocenters. The molecule has 1 saturated carbocycles. The van der Waals surface area contributed by atoms with Crippen molar-refractivity contribution >= 4 is 11.9 Å². The Morgan fingerprint density at radius 2 is 2.22 bits per heavy atom. The van der Waals surface area contributed by atoms with Crippen LogP contribution >= 0.6 is 0 Å². The van der Waals surface area contributed by atoms with Crippen molar-refractivity contribution in [1.29, 1.82) is 0 Å². The predicted molar refractivity (Wildman–Crippen MR) is 62.5 cm³/mol. The summed E-state index contributed by atoms with van der Waals surface area (Å²) in [7, 11) is 0. The molecule has 6 heteroatoms. The van der Waals surface area contributed by atoms with Gasteiger partial charge in [-0.3, -0.25) is 4.79 Å². The number of rotatable bonds is 5. The van der Waals surface area contributed by atoms with E-state index in [1.165, 1.54) is 18.3 Å². The molecule has 1 aromatic rings. The Balaban J connectivity index is 1.91. The minimum Gasteiger partial charge on any atom is -0.479 e. The zero-order valence-corrected chi connectivity index (χ0v) is 9.92. The number of hydrogen-bond acceptors (Lipinski definition) is 4. The maximum atomic E-state index is 11.6. The maximum absolute atomic E-state index is 11.6. The van der Waals surface area contributed by atoms with Crippen molar-refractivity contribution in [3.8, 4) is 5.75 Å². The molecule has 1 unspecified atom stereocenters. The minimum atomic E-state index is -1.10. The minimum absolute atomic E-state index is 0.0579. The zero-order chi connectivity index (χ0) is 13.1. The summed E-state index contributed by atoms with van der Waals surface area (Å²) in [5, 5.41) is 11.5. The molecule has 2 N–H and O–H groups in total. The van der Waals surface area contributed by atoms with Crippen LogP contribution in [0.1, 0.15) is 30.3 Å². The quantitative estimate of drug-likeness (QED) is 0.807. The summed E-state index contributed by atoms with van der Waals surface area (Å²) < 4.78 is 5.37. The van der Waals surface area contributed by atoms with Crippen molar-refractivity contribution in [2.24, 2.45) is 0 Å². The summed E-state index contributed by atoms with van der Waals surface area (Å²) in [4.78, 5) is 25.9. The van der Waals surface area contributed by atoms with Gasteiger partial charge in [0, 0.05) is 6.04 Å². The summed E-state index contributed by atoms with van der Waals surface area (Å²) in [6.45, 7) is 1.64. The normalized spacial score (nSPS) is 15.8. The lowest BCUT2D eigenvalue weighted by Gasteiger charge is -2.14. The largest absolute Gasteiger partial charge is 0.479 e. The smallest absolute Gasteiger partial charge is 0.354 e. The van der Waals surface area contributed by atoms with Crippen LogP contribution in [0.4, 0.5) is 0 Å². The fraction of sp³-hybridized carbons (Fsp3) is 0.417. The van der Waals surface area contributed by atoms with E-state index in [1.807, 2.05) is 0 Å². The van der Waals surface area contributed by atoms with Crippen LogP contribution in [0.15, 0.2) is 18.3 Å². The predicted octanol–water partition coefficient (Wildman–Crippen LogP) is 0.826. The molecular weight excluding hydrogens is 236 g/mol. The number of aromatic carboxylic acids is 1. The second kappa shape index (κ2) is 5.03. The van der Waals surface area contributed by atoms with Crippen molar-refractivity contribution in [1.82, 2.24) is 10.3 Å². The number of carbonyl (C=O) groups excluding carboxylic acids is 1. The molecule has 1 heterocycles. The van der Waals surface area contributed by atoms with E-state index in [-0.39, 0.29) is 17.6 Å². The van der Waals surface area contributed by atoms with Crippen LogP contribution < -0.4 is 10.1 Å². The highest BCUT2D eigenvalue weighted by Gasteiger charge is 2.26. The first-order valence-corrected chi connectivity index (χ1v) is 5.72. The molecule has 0 spiro atoms. The summed E-state index contributed by atoms with van der Waals surface area (Å²) in [6, 6.07) is 3.11. The molecule has 18 heavy (non-hydrogen) atoms. The summed E-state index contributed by atoms with van der Waals surface area (Å²) in [6.07, 6.45) is 2.72. The number of carbonyl (C=O) groups is 2. The van der Waals surface area contributed by atoms with Crippen LogP contribution in [0.3, 0.4) is 0 Å². The SMILES string of the molecule is CC(Oc1ccc(C(=O)O)nc1)C(=O)NC1CC1. The van der Waals surface area contributed by atoms with Gasteiger partial charge in [0.2, 0.25) is 0 Å². The van der Waals surface area contributed by atoms with E-state index in [0.717, 1.165) is 12.8 Å². The topological polar surface area (TPSA) is 88.5 Å². The van der Waals surface area contributed by atoms with Gasteiger partial charge in [0.25, 0.3) is 5.91 Å². The molecule has 0 radical (unpaired) electrons. The average Bonchev–Trinajstić information content (AvgIpc) is 3.13. The lowest BCUT2D eigenvalue weighted by atomic mass is 10.3. The fourth-order valence-corrected chi connectivity index (χ4v) is 1.38. The van der Waals surface area contributed by atoms with Crippen molar-refractivity contribution in [3.05, 3.63) is 24.0 Å². The number of carboxylic acids is 1. The molecular formula is C12H14N2O4. The van der Waals surface area contributed by atoms with Crippen LogP contribution in [0.2, 0.25) is 0 Å². The van der Waals surface area contributed by atoms with Gasteiger partial charge < -0.3 is 15.2 Å². The van der Waals surface area contributed by atoms with Crippen molar-refractivity contribution in [3.63, 3.8) is 0 Å². The van der Waals surface area contributed by atoms with Crippen LogP contribution in [0, 0.1) is 0 Å². The number of pyridine rings is 1. The molecule has 1 amide bonds. The maximum Gasteiger partial charge on any atom is 0.354 e. The molecule has 2 rings (SSSR count). The Morgan fingerprint density at radius 1 is 1.50 bits per heavy atom. The standard InChI is InChI=1S/C12H14N2O4/c1-7(11(15)14-8-2-3-8)18-9-4-5-10(12(16)17)13-6-9/h4-8H,2-3H2,1H3,(H,14,15)(H,16,17). The first kappa shape index (κ1) is 12.3. The molecule has 1 aliphatic rings. The lowest BCUT2D eigenvalue weighted by molar-refractivity contribution is -0.127. The molecule has 1 fully saturated rings. The highest BCUT2D eigenvalue weighted by atomic mass is 16.5. The Labute approximate surface area is 104 Å². The van der Waals surface area contributed by atoms with Gasteiger partial charge in [0.1, 0.15) is 11.4 Å². The van der Waals surface area contributed by atoms with Gasteiger partial charge in [0.15, 0.2) is 6.10 Å². The number of ether oxygens (including phenoxy) is 1. The summed E-state index contributed by atoms with van der Waals surface area (Å²) in [5.41, 5.74) is -0.0579. The number of nitrogens with zero attached hydrogens (tertiary/aromatic N) is 1. The van der Waals surface area contributed by atoms with Crippen molar-refractivity contribution in [2.75, 3.05) is 0 Å². The molecule has 96 valence electrons. The van der Waals surface area contributed by atoms with Crippen molar-refractivity contribution < 1.29 is 19.4 Å². The Hall–Kier alpha value is -2.11. The van der Waals surface area contributed by atoms with Gasteiger partial charge in [-0.25, -0.2) is 9.78 Å². The van der Waals surface area contributed by atoms with Gasteiger partial charge >= 0.3 is 5.97 Å². The zero-order valence-electron chi connectivity index (χ0n) is 9.92. The van der Waals surface area contributed by atoms with Crippen LogP contribution in [0.25, 0.3) is 0 Å². The molecule has 1 aromatic heterocycles. The van der Waals surface area contributed by atoms with Gasteiger partial charge in [-0.05, 0) is 31.9 Å². The first-order valence-electron chi connectivity index (χ1n) is 5.72. The van der Waals surface area contributed by atoms with Crippen molar-refractivity contribution in [2.45, 2.75) is 31.9 Å². The summed E-state index contributed by atoms with van der Waals surface area (Å²) >= 11 is 0. The molecule has 6 nitrogen and oxygen atoms in total. The van der Waals surface area contributed by atoms with E-state index >= 15 is 0 Å². The monoisotopic (exact) mass is 250 g/mol. The number of nitrogens with one attached hydrogen (secondary N) is 1. The van der Waals surface area contributed by atoms with Gasteiger partial charge in [-0.2, -0.15) is 0 Å². The van der Waals surface area contributed by atoms with Gasteiger partial charge in [-0.15, -0.1) is 0 Å². The Morgan fingerprint density at radius 3 is 2.72 bits per heavy atom. The van der Waals surface area contributed by atoms with Crippen LogP contribution in [-0.2, 0) is 4.79 Å². The average molecular weight is 250 g/mol. The second-order valence-electron chi connectivity index (χ2n) is 4.23. The molecule has 0 saturated heterocycles. The van der Waals surface area contributed by atoms with E-state index in [4.69, 9.17) is 9.84 Å². The Bertz CT molecular complexity index is 454. The third-order valence-corrected chi connectivity index (χ3v) is 2.56. The highest BCUT2D eigenvalue weighted by molar-refractivity contribution is 5.85. The van der Waals surface area contributed by atoms with E-state index in [0.29, 0.717) is 5.75 Å². The second-order valence-corrected chi connectivity index (χ2v) is 4.23. The molecule has 0 bridgehead atoms. The molecule has 0 aliphatic heterocycles. The third-order valence-electron chi connectivity index (χ3n) is 2.56. The van der Waals surface area contributed by atoms with Gasteiger partial charge in [-0.1, -0.05) is 0 Å². The van der Waals surface area contributed by atoms with E-state index < -0.39 is 12.1 Å². The van der Waals surface area contributed by atoms with Crippen LogP contribution in [0.5, 0.6) is 5.75 Å².